The molecule has 4 nitrogen and oxygen atoms in total. The van der Waals surface area contributed by atoms with Crippen molar-refractivity contribution in [3.8, 4) is 0 Å². The Hall–Kier alpha value is -2.40. The van der Waals surface area contributed by atoms with Crippen molar-refractivity contribution in [1.82, 2.24) is 4.90 Å². The summed E-state index contributed by atoms with van der Waals surface area (Å²) in [6, 6.07) is 17.6. The van der Waals surface area contributed by atoms with Crippen molar-refractivity contribution < 1.29 is 13.2 Å². The summed E-state index contributed by atoms with van der Waals surface area (Å²) in [5.41, 5.74) is 3.26. The van der Waals surface area contributed by atoms with Gasteiger partial charge in [-0.15, -0.1) is 0 Å². The highest BCUT2D eigenvalue weighted by molar-refractivity contribution is 7.91. The van der Waals surface area contributed by atoms with Gasteiger partial charge >= 0.3 is 0 Å². The highest BCUT2D eigenvalue weighted by Crippen LogP contribution is 2.19. The second-order valence-electron chi connectivity index (χ2n) is 7.07. The molecule has 1 saturated heterocycles. The maximum atomic E-state index is 12.8. The lowest BCUT2D eigenvalue weighted by Crippen LogP contribution is -2.41. The summed E-state index contributed by atoms with van der Waals surface area (Å²) in [5, 5.41) is 0. The van der Waals surface area contributed by atoms with E-state index >= 15 is 0 Å². The molecule has 1 aliphatic heterocycles. The molecule has 1 atom stereocenters. The minimum atomic E-state index is -3.05. The van der Waals surface area contributed by atoms with Crippen LogP contribution in [0.3, 0.4) is 0 Å². The average molecular weight is 384 g/mol. The summed E-state index contributed by atoms with van der Waals surface area (Å²) in [6.45, 7) is 2.53. The fourth-order valence-electron chi connectivity index (χ4n) is 3.33. The number of aryl methyl sites for hydroxylation is 1. The van der Waals surface area contributed by atoms with E-state index in [4.69, 9.17) is 0 Å². The first-order valence-corrected chi connectivity index (χ1v) is 11.0. The number of amides is 1. The Morgan fingerprint density at radius 3 is 2.44 bits per heavy atom. The molecule has 1 aliphatic rings. The first-order chi connectivity index (χ1) is 12.9. The van der Waals surface area contributed by atoms with E-state index in [0.717, 1.165) is 11.1 Å². The lowest BCUT2D eigenvalue weighted by molar-refractivity contribution is -0.127. The molecule has 0 aliphatic carbocycles. The normalized spacial score (nSPS) is 18.6. The van der Waals surface area contributed by atoms with Gasteiger partial charge in [0.15, 0.2) is 9.84 Å². The maximum Gasteiger partial charge on any atom is 0.246 e. The van der Waals surface area contributed by atoms with Crippen molar-refractivity contribution in [2.75, 3.05) is 18.1 Å². The van der Waals surface area contributed by atoms with Crippen LogP contribution in [0, 0.1) is 6.92 Å². The van der Waals surface area contributed by atoms with E-state index in [1.807, 2.05) is 61.5 Å². The molecule has 5 heteroatoms. The minimum Gasteiger partial charge on any atom is -0.335 e. The Labute approximate surface area is 161 Å². The van der Waals surface area contributed by atoms with Crippen LogP contribution >= 0.6 is 0 Å². The molecule has 2 aromatic rings. The number of carbonyl (C=O) groups is 1. The van der Waals surface area contributed by atoms with Crippen LogP contribution in [-0.2, 0) is 21.1 Å². The lowest BCUT2D eigenvalue weighted by Gasteiger charge is -2.27. The molecule has 2 aromatic carbocycles. The number of carbonyl (C=O) groups excluding carboxylic acids is 1. The number of hydrogen-bond acceptors (Lipinski definition) is 3. The molecule has 0 aromatic heterocycles. The summed E-state index contributed by atoms with van der Waals surface area (Å²) >= 11 is 0. The van der Waals surface area contributed by atoms with E-state index in [9.17, 15) is 13.2 Å². The van der Waals surface area contributed by atoms with Crippen LogP contribution in [0.15, 0.2) is 60.7 Å². The van der Waals surface area contributed by atoms with Crippen LogP contribution in [0.2, 0.25) is 0 Å². The van der Waals surface area contributed by atoms with Crippen LogP contribution in [-0.4, -0.2) is 43.3 Å². The van der Waals surface area contributed by atoms with Gasteiger partial charge in [0, 0.05) is 18.7 Å². The van der Waals surface area contributed by atoms with Gasteiger partial charge in [-0.05, 0) is 37.0 Å². The number of rotatable bonds is 6. The summed E-state index contributed by atoms with van der Waals surface area (Å²) in [5.74, 6) is 0.0917. The second-order valence-corrected chi connectivity index (χ2v) is 9.30. The van der Waals surface area contributed by atoms with E-state index in [-0.39, 0.29) is 23.5 Å². The van der Waals surface area contributed by atoms with E-state index < -0.39 is 9.84 Å². The van der Waals surface area contributed by atoms with E-state index in [0.29, 0.717) is 19.4 Å². The van der Waals surface area contributed by atoms with Crippen molar-refractivity contribution in [2.45, 2.75) is 25.8 Å². The Balaban J connectivity index is 1.73. The Morgan fingerprint density at radius 1 is 1.11 bits per heavy atom. The van der Waals surface area contributed by atoms with Crippen LogP contribution in [0.4, 0.5) is 0 Å². The Bertz CT molecular complexity index is 902. The van der Waals surface area contributed by atoms with Gasteiger partial charge in [-0.1, -0.05) is 60.2 Å². The van der Waals surface area contributed by atoms with Gasteiger partial charge in [0.2, 0.25) is 5.91 Å². The third-order valence-corrected chi connectivity index (χ3v) is 6.66. The van der Waals surface area contributed by atoms with E-state index in [2.05, 4.69) is 0 Å². The van der Waals surface area contributed by atoms with Crippen LogP contribution < -0.4 is 0 Å². The molecular weight excluding hydrogens is 358 g/mol. The van der Waals surface area contributed by atoms with Crippen LogP contribution in [0.25, 0.3) is 6.08 Å². The molecule has 0 saturated carbocycles. The molecule has 0 radical (unpaired) electrons. The maximum absolute atomic E-state index is 12.8. The molecule has 142 valence electrons. The van der Waals surface area contributed by atoms with Gasteiger partial charge < -0.3 is 4.90 Å². The molecular formula is C22H25NO3S. The third kappa shape index (κ3) is 5.54. The van der Waals surface area contributed by atoms with Gasteiger partial charge in [-0.2, -0.15) is 0 Å². The first-order valence-electron chi connectivity index (χ1n) is 9.23. The quantitative estimate of drug-likeness (QED) is 0.720. The number of hydrogen-bond donors (Lipinski definition) is 0. The lowest BCUT2D eigenvalue weighted by atomic mass is 10.1. The first kappa shape index (κ1) is 19.4. The van der Waals surface area contributed by atoms with Gasteiger partial charge in [0.25, 0.3) is 0 Å². The van der Waals surface area contributed by atoms with Gasteiger partial charge in [-0.25, -0.2) is 8.42 Å². The second kappa shape index (κ2) is 8.53. The van der Waals surface area contributed by atoms with Gasteiger partial charge in [0.1, 0.15) is 0 Å². The molecule has 1 amide bonds. The SMILES string of the molecule is Cc1ccc(/C=C/C(=O)N(CCc2ccccc2)[C@@H]2CCS(=O)(=O)C2)cc1. The molecule has 0 unspecified atom stereocenters. The van der Waals surface area contributed by atoms with Crippen molar-refractivity contribution >= 4 is 21.8 Å². The molecule has 0 N–H and O–H groups in total. The van der Waals surface area contributed by atoms with Crippen LogP contribution in [0.1, 0.15) is 23.1 Å². The highest BCUT2D eigenvalue weighted by atomic mass is 32.2. The van der Waals surface area contributed by atoms with E-state index in [1.54, 1.807) is 17.1 Å². The Kier molecular flexibility index (Phi) is 6.11. The van der Waals surface area contributed by atoms with Crippen molar-refractivity contribution in [3.63, 3.8) is 0 Å². The van der Waals surface area contributed by atoms with Gasteiger partial charge in [0.05, 0.1) is 11.5 Å². The third-order valence-electron chi connectivity index (χ3n) is 4.91. The average Bonchev–Trinajstić information content (AvgIpc) is 3.02. The number of benzene rings is 2. The predicted octanol–water partition coefficient (Wildman–Crippen LogP) is 3.27. The molecule has 27 heavy (non-hydrogen) atoms. The number of nitrogens with zero attached hydrogens (tertiary/aromatic N) is 1. The zero-order valence-corrected chi connectivity index (χ0v) is 16.4. The van der Waals surface area contributed by atoms with Crippen LogP contribution in [0.5, 0.6) is 0 Å². The number of sulfone groups is 1. The molecule has 0 spiro atoms. The Morgan fingerprint density at radius 2 is 1.81 bits per heavy atom. The molecule has 3 rings (SSSR count). The van der Waals surface area contributed by atoms with Crippen molar-refractivity contribution in [3.05, 3.63) is 77.4 Å². The monoisotopic (exact) mass is 383 g/mol. The summed E-state index contributed by atoms with van der Waals surface area (Å²) in [4.78, 5) is 14.6. The largest absolute Gasteiger partial charge is 0.335 e. The topological polar surface area (TPSA) is 54.5 Å². The zero-order chi connectivity index (χ0) is 19.3. The molecule has 0 bridgehead atoms. The smallest absolute Gasteiger partial charge is 0.246 e. The molecule has 1 fully saturated rings. The summed E-state index contributed by atoms with van der Waals surface area (Å²) < 4.78 is 23.8. The summed E-state index contributed by atoms with van der Waals surface area (Å²) in [7, 11) is -3.05. The standard InChI is InChI=1S/C22H25NO3S/c1-18-7-9-20(10-8-18)11-12-22(24)23(21-14-16-27(25,26)17-21)15-13-19-5-3-2-4-6-19/h2-12,21H,13-17H2,1H3/b12-11+/t21-/m1/s1. The van der Waals surface area contributed by atoms with Gasteiger partial charge in [-0.3, -0.25) is 4.79 Å². The fourth-order valence-corrected chi connectivity index (χ4v) is 5.06. The van der Waals surface area contributed by atoms with Crippen molar-refractivity contribution in [1.29, 1.82) is 0 Å². The highest BCUT2D eigenvalue weighted by Gasteiger charge is 2.33. The van der Waals surface area contributed by atoms with Crippen molar-refractivity contribution in [2.24, 2.45) is 0 Å². The predicted molar refractivity (Wildman–Crippen MR) is 109 cm³/mol. The zero-order valence-electron chi connectivity index (χ0n) is 15.5. The molecule has 1 heterocycles. The summed E-state index contributed by atoms with van der Waals surface area (Å²) in [6.07, 6.45) is 4.57. The minimum absolute atomic E-state index is 0.0614. The fraction of sp³-hybridized carbons (Fsp3) is 0.318. The van der Waals surface area contributed by atoms with E-state index in [1.165, 1.54) is 5.56 Å².